The van der Waals surface area contributed by atoms with E-state index in [1.807, 2.05) is 0 Å². The summed E-state index contributed by atoms with van der Waals surface area (Å²) >= 11 is 0. The summed E-state index contributed by atoms with van der Waals surface area (Å²) in [5, 5.41) is 10.5. The van der Waals surface area contributed by atoms with Crippen LogP contribution in [-0.2, 0) is 11.3 Å². The smallest absolute Gasteiger partial charge is 0.445 e. The Morgan fingerprint density at radius 3 is 2.34 bits per heavy atom. The monoisotopic (exact) mass is 493 g/mol. The molecule has 1 aromatic heterocycles. The van der Waals surface area contributed by atoms with Crippen LogP contribution in [0.3, 0.4) is 0 Å². The van der Waals surface area contributed by atoms with E-state index < -0.39 is 24.0 Å². The van der Waals surface area contributed by atoms with Crippen LogP contribution in [-0.4, -0.2) is 69.8 Å². The first kappa shape index (κ1) is 22.9. The molecule has 1 N–H and O–H groups in total. The molecule has 2 aliphatic heterocycles. The molecule has 3 heterocycles. The van der Waals surface area contributed by atoms with Gasteiger partial charge >= 0.3 is 12.5 Å². The van der Waals surface area contributed by atoms with Crippen LogP contribution in [0.4, 0.5) is 22.4 Å². The first-order valence-corrected chi connectivity index (χ1v) is 10.7. The molecule has 0 unspecified atom stereocenters. The Balaban J connectivity index is 1.13. The number of carbonyl (C=O) groups is 2. The van der Waals surface area contributed by atoms with Gasteiger partial charge in [-0.05, 0) is 35.9 Å². The van der Waals surface area contributed by atoms with Crippen LogP contribution in [0.2, 0.25) is 0 Å². The second kappa shape index (κ2) is 8.71. The normalized spacial score (nSPS) is 19.8. The van der Waals surface area contributed by atoms with E-state index in [-0.39, 0.29) is 29.9 Å². The number of ether oxygens (including phenoxy) is 2. The van der Waals surface area contributed by atoms with Crippen LogP contribution >= 0.6 is 0 Å². The van der Waals surface area contributed by atoms with Gasteiger partial charge < -0.3 is 19.3 Å². The molecule has 0 saturated carbocycles. The van der Waals surface area contributed by atoms with Crippen molar-refractivity contribution in [2.75, 3.05) is 26.2 Å². The minimum Gasteiger partial charge on any atom is -0.445 e. The van der Waals surface area contributed by atoms with Gasteiger partial charge in [-0.15, -0.1) is 13.2 Å². The molecule has 35 heavy (non-hydrogen) atoms. The zero-order valence-corrected chi connectivity index (χ0v) is 18.1. The van der Waals surface area contributed by atoms with E-state index in [0.717, 1.165) is 12.1 Å². The van der Waals surface area contributed by atoms with Crippen molar-refractivity contribution < 1.29 is 36.6 Å². The van der Waals surface area contributed by atoms with E-state index in [2.05, 4.69) is 20.1 Å². The first-order valence-electron chi connectivity index (χ1n) is 10.7. The van der Waals surface area contributed by atoms with Gasteiger partial charge in [0.25, 0.3) is 5.91 Å². The second-order valence-corrected chi connectivity index (χ2v) is 8.53. The molecule has 2 fully saturated rings. The Morgan fingerprint density at radius 1 is 0.971 bits per heavy atom. The SMILES string of the molecule is O=C(OCc1ccc(OC(F)(F)F)c(F)c1)N1C[C@@H]2CN(C(=O)c3ccc4n[nH]nc4c3)C[C@H]2C1. The number of fused-ring (bicyclic) bond motifs is 2. The van der Waals surface area contributed by atoms with Crippen LogP contribution in [0.1, 0.15) is 15.9 Å². The maximum atomic E-state index is 13.8. The third-order valence-electron chi connectivity index (χ3n) is 6.18. The third-order valence-corrected chi connectivity index (χ3v) is 6.18. The molecule has 0 aliphatic carbocycles. The van der Waals surface area contributed by atoms with Gasteiger partial charge in [0.05, 0.1) is 0 Å². The second-order valence-electron chi connectivity index (χ2n) is 8.53. The summed E-state index contributed by atoms with van der Waals surface area (Å²) in [6.07, 6.45) is -5.61. The van der Waals surface area contributed by atoms with Gasteiger partial charge in [-0.1, -0.05) is 6.07 Å². The van der Waals surface area contributed by atoms with Crippen LogP contribution in [0.5, 0.6) is 5.75 Å². The third kappa shape index (κ3) is 4.84. The van der Waals surface area contributed by atoms with Crippen molar-refractivity contribution >= 4 is 23.0 Å². The summed E-state index contributed by atoms with van der Waals surface area (Å²) < 4.78 is 59.4. The van der Waals surface area contributed by atoms with Gasteiger partial charge in [0.2, 0.25) is 0 Å². The van der Waals surface area contributed by atoms with Crippen molar-refractivity contribution in [3.63, 3.8) is 0 Å². The highest BCUT2D eigenvalue weighted by Crippen LogP contribution is 2.33. The number of hydrogen-bond donors (Lipinski definition) is 1. The molecule has 9 nitrogen and oxygen atoms in total. The van der Waals surface area contributed by atoms with E-state index in [9.17, 15) is 27.2 Å². The van der Waals surface area contributed by atoms with Gasteiger partial charge in [-0.2, -0.15) is 15.4 Å². The van der Waals surface area contributed by atoms with Gasteiger partial charge in [0, 0.05) is 43.6 Å². The average molecular weight is 493 g/mol. The fourth-order valence-corrected chi connectivity index (χ4v) is 4.54. The van der Waals surface area contributed by atoms with Crippen molar-refractivity contribution in [1.82, 2.24) is 25.2 Å². The van der Waals surface area contributed by atoms with E-state index in [4.69, 9.17) is 4.74 Å². The van der Waals surface area contributed by atoms with Crippen molar-refractivity contribution in [2.45, 2.75) is 13.0 Å². The molecule has 2 amide bonds. The number of aromatic nitrogens is 3. The molecule has 2 aromatic carbocycles. The lowest BCUT2D eigenvalue weighted by Crippen LogP contribution is -2.35. The number of H-pyrrole nitrogens is 1. The summed E-state index contributed by atoms with van der Waals surface area (Å²) in [6.45, 7) is 1.50. The number of halogens is 4. The number of nitrogens with one attached hydrogen (secondary N) is 1. The number of benzene rings is 2. The highest BCUT2D eigenvalue weighted by atomic mass is 19.4. The zero-order valence-electron chi connectivity index (χ0n) is 18.1. The molecule has 2 saturated heterocycles. The number of hydrogen-bond acceptors (Lipinski definition) is 6. The number of amides is 2. The Labute approximate surface area is 195 Å². The van der Waals surface area contributed by atoms with Gasteiger partial charge in [-0.25, -0.2) is 9.18 Å². The fraction of sp³-hybridized carbons (Fsp3) is 0.364. The molecule has 13 heteroatoms. The summed E-state index contributed by atoms with van der Waals surface area (Å²) in [7, 11) is 0. The molecule has 0 bridgehead atoms. The van der Waals surface area contributed by atoms with Gasteiger partial charge in [-0.3, -0.25) is 4.79 Å². The van der Waals surface area contributed by atoms with Crippen molar-refractivity contribution in [3.8, 4) is 5.75 Å². The van der Waals surface area contributed by atoms with Gasteiger partial charge in [0.1, 0.15) is 17.6 Å². The maximum Gasteiger partial charge on any atom is 0.573 e. The Morgan fingerprint density at radius 2 is 1.66 bits per heavy atom. The number of alkyl halides is 3. The topological polar surface area (TPSA) is 101 Å². The molecular formula is C22H19F4N5O4. The number of aromatic amines is 1. The van der Waals surface area contributed by atoms with Gasteiger partial charge in [0.15, 0.2) is 11.6 Å². The van der Waals surface area contributed by atoms with Crippen LogP contribution in [0, 0.1) is 17.7 Å². The molecular weight excluding hydrogens is 474 g/mol. The number of rotatable bonds is 4. The maximum absolute atomic E-state index is 13.8. The number of nitrogens with zero attached hydrogens (tertiary/aromatic N) is 4. The molecule has 2 atom stereocenters. The van der Waals surface area contributed by atoms with Crippen molar-refractivity contribution in [1.29, 1.82) is 0 Å². The Hall–Kier alpha value is -3.90. The van der Waals surface area contributed by atoms with E-state index in [0.29, 0.717) is 42.8 Å². The molecule has 0 radical (unpaired) electrons. The predicted octanol–water partition coefficient (Wildman–Crippen LogP) is 3.34. The minimum absolute atomic E-state index is 0.0959. The zero-order chi connectivity index (χ0) is 24.7. The lowest BCUT2D eigenvalue weighted by atomic mass is 10.0. The number of carbonyl (C=O) groups excluding carboxylic acids is 2. The largest absolute Gasteiger partial charge is 0.573 e. The van der Waals surface area contributed by atoms with Crippen LogP contribution in [0.15, 0.2) is 36.4 Å². The van der Waals surface area contributed by atoms with Crippen molar-refractivity contribution in [2.24, 2.45) is 11.8 Å². The molecule has 5 rings (SSSR count). The summed E-state index contributed by atoms with van der Waals surface area (Å²) in [6, 6.07) is 7.96. The standard InChI is InChI=1S/C22H19F4N5O4/c23-16-5-12(1-4-19(16)35-22(24,25)26)11-34-21(33)31-9-14-7-30(8-15(14)10-31)20(32)13-2-3-17-18(6-13)28-29-27-17/h1-6,14-15H,7-11H2,(H,27,28,29)/t14-,15-/m0/s1. The highest BCUT2D eigenvalue weighted by molar-refractivity contribution is 5.97. The molecule has 184 valence electrons. The molecule has 3 aromatic rings. The lowest BCUT2D eigenvalue weighted by Gasteiger charge is -2.21. The van der Waals surface area contributed by atoms with E-state index >= 15 is 0 Å². The van der Waals surface area contributed by atoms with Crippen molar-refractivity contribution in [3.05, 3.63) is 53.3 Å². The number of likely N-dealkylation sites (tertiary alicyclic amines) is 2. The highest BCUT2D eigenvalue weighted by Gasteiger charge is 2.43. The average Bonchev–Trinajstić information content (AvgIpc) is 3.52. The summed E-state index contributed by atoms with van der Waals surface area (Å²) in [5.74, 6) is -2.09. The summed E-state index contributed by atoms with van der Waals surface area (Å²) in [5.41, 5.74) is 1.97. The first-order chi connectivity index (χ1) is 16.7. The van der Waals surface area contributed by atoms with E-state index in [1.54, 1.807) is 23.1 Å². The lowest BCUT2D eigenvalue weighted by molar-refractivity contribution is -0.275. The van der Waals surface area contributed by atoms with Crippen LogP contribution in [0.25, 0.3) is 11.0 Å². The molecule has 0 spiro atoms. The van der Waals surface area contributed by atoms with E-state index in [1.165, 1.54) is 11.0 Å². The fourth-order valence-electron chi connectivity index (χ4n) is 4.54. The minimum atomic E-state index is -5.01. The van der Waals surface area contributed by atoms with Crippen LogP contribution < -0.4 is 4.74 Å². The summed E-state index contributed by atoms with van der Waals surface area (Å²) in [4.78, 5) is 28.7. The molecule has 2 aliphatic rings. The predicted molar refractivity (Wildman–Crippen MR) is 112 cm³/mol. The Bertz CT molecular complexity index is 1270. The Kier molecular flexibility index (Phi) is 5.69. The quantitative estimate of drug-likeness (QED) is 0.560.